The highest BCUT2D eigenvalue weighted by Gasteiger charge is 2.18. The van der Waals surface area contributed by atoms with Gasteiger partial charge in [0.05, 0.1) is 10.5 Å². The molecular weight excluding hydrogens is 268 g/mol. The third-order valence-electron chi connectivity index (χ3n) is 3.09. The van der Waals surface area contributed by atoms with Crippen LogP contribution in [0.25, 0.3) is 6.08 Å². The van der Waals surface area contributed by atoms with Crippen molar-refractivity contribution in [3.05, 3.63) is 45.0 Å². The molecule has 1 aromatic rings. The van der Waals surface area contributed by atoms with Gasteiger partial charge in [-0.05, 0) is 17.6 Å². The molecule has 110 valence electrons. The molecular formula is C16H18N2O3. The Morgan fingerprint density at radius 1 is 1.33 bits per heavy atom. The molecule has 1 rings (SSSR count). The summed E-state index contributed by atoms with van der Waals surface area (Å²) >= 11 is 0. The van der Waals surface area contributed by atoms with E-state index in [9.17, 15) is 14.9 Å². The molecule has 0 spiro atoms. The normalized spacial score (nSPS) is 11.6. The molecule has 0 unspecified atom stereocenters. The van der Waals surface area contributed by atoms with E-state index in [0.29, 0.717) is 11.1 Å². The molecule has 0 atom stereocenters. The van der Waals surface area contributed by atoms with Gasteiger partial charge in [-0.1, -0.05) is 39.8 Å². The summed E-state index contributed by atoms with van der Waals surface area (Å²) in [6.07, 6.45) is 1.40. The van der Waals surface area contributed by atoms with Crippen LogP contribution in [0.4, 0.5) is 5.69 Å². The van der Waals surface area contributed by atoms with Crippen LogP contribution in [0.1, 0.15) is 44.7 Å². The summed E-state index contributed by atoms with van der Waals surface area (Å²) in [7, 11) is 0. The average Bonchev–Trinajstić information content (AvgIpc) is 2.43. The van der Waals surface area contributed by atoms with Crippen molar-refractivity contribution < 1.29 is 9.72 Å². The monoisotopic (exact) mass is 286 g/mol. The maximum atomic E-state index is 11.8. The number of hydrogen-bond acceptors (Lipinski definition) is 4. The van der Waals surface area contributed by atoms with Gasteiger partial charge in [0.2, 0.25) is 0 Å². The number of hydrogen-bond donors (Lipinski definition) is 0. The number of Topliss-reactive ketones (excluding diaryl/α,β-unsaturated/α-hetero) is 1. The van der Waals surface area contributed by atoms with Gasteiger partial charge in [0.1, 0.15) is 6.07 Å². The number of nitro groups is 1. The van der Waals surface area contributed by atoms with Crippen LogP contribution in [0, 0.1) is 27.4 Å². The van der Waals surface area contributed by atoms with Crippen LogP contribution in [0.3, 0.4) is 0 Å². The van der Waals surface area contributed by atoms with Gasteiger partial charge < -0.3 is 0 Å². The van der Waals surface area contributed by atoms with Gasteiger partial charge in [-0.3, -0.25) is 14.9 Å². The van der Waals surface area contributed by atoms with Gasteiger partial charge in [-0.15, -0.1) is 0 Å². The summed E-state index contributed by atoms with van der Waals surface area (Å²) in [6, 6.07) is 6.62. The average molecular weight is 286 g/mol. The SMILES string of the molecule is CC(C)C(=O)C(C#N)=Cc1ccc(C(C)C)c([N+](=O)[O-])c1. The van der Waals surface area contributed by atoms with E-state index in [2.05, 4.69) is 0 Å². The zero-order chi connectivity index (χ0) is 16.2. The van der Waals surface area contributed by atoms with Crippen molar-refractivity contribution in [2.75, 3.05) is 0 Å². The Kier molecular flexibility index (Phi) is 5.37. The van der Waals surface area contributed by atoms with E-state index >= 15 is 0 Å². The smallest absolute Gasteiger partial charge is 0.273 e. The van der Waals surface area contributed by atoms with Crippen LogP contribution >= 0.6 is 0 Å². The van der Waals surface area contributed by atoms with Crippen LogP contribution in [0.2, 0.25) is 0 Å². The largest absolute Gasteiger partial charge is 0.293 e. The summed E-state index contributed by atoms with van der Waals surface area (Å²) in [6.45, 7) is 7.16. The van der Waals surface area contributed by atoms with Crippen molar-refractivity contribution in [2.24, 2.45) is 5.92 Å². The number of ketones is 1. The Hall–Kier alpha value is -2.48. The second kappa shape index (κ2) is 6.80. The Morgan fingerprint density at radius 2 is 1.95 bits per heavy atom. The molecule has 0 amide bonds. The minimum Gasteiger partial charge on any atom is -0.293 e. The fraction of sp³-hybridized carbons (Fsp3) is 0.375. The Morgan fingerprint density at radius 3 is 2.38 bits per heavy atom. The second-order valence-electron chi connectivity index (χ2n) is 5.42. The molecule has 0 fully saturated rings. The molecule has 0 bridgehead atoms. The van der Waals surface area contributed by atoms with E-state index in [1.807, 2.05) is 19.9 Å². The standard InChI is InChI=1S/C16H18N2O3/c1-10(2)14-6-5-12(8-15(14)18(20)21)7-13(9-17)16(19)11(3)4/h5-8,10-11H,1-4H3. The number of carbonyl (C=O) groups is 1. The van der Waals surface area contributed by atoms with Crippen LogP contribution < -0.4 is 0 Å². The van der Waals surface area contributed by atoms with E-state index < -0.39 is 4.92 Å². The van der Waals surface area contributed by atoms with E-state index in [-0.39, 0.29) is 28.9 Å². The zero-order valence-corrected chi connectivity index (χ0v) is 12.6. The van der Waals surface area contributed by atoms with Crippen molar-refractivity contribution >= 4 is 17.5 Å². The fourth-order valence-electron chi connectivity index (χ4n) is 1.93. The summed E-state index contributed by atoms with van der Waals surface area (Å²) < 4.78 is 0. The zero-order valence-electron chi connectivity index (χ0n) is 12.6. The topological polar surface area (TPSA) is 84.0 Å². The first kappa shape index (κ1) is 16.6. The lowest BCUT2D eigenvalue weighted by Crippen LogP contribution is -2.08. The number of rotatable bonds is 5. The van der Waals surface area contributed by atoms with Crippen LogP contribution in [0.5, 0.6) is 0 Å². The van der Waals surface area contributed by atoms with Crippen molar-refractivity contribution in [1.29, 1.82) is 5.26 Å². The number of nitrogens with zero attached hydrogens (tertiary/aromatic N) is 2. The summed E-state index contributed by atoms with van der Waals surface area (Å²) in [5.74, 6) is -0.537. The van der Waals surface area contributed by atoms with Crippen molar-refractivity contribution in [2.45, 2.75) is 33.6 Å². The van der Waals surface area contributed by atoms with E-state index in [1.165, 1.54) is 12.1 Å². The van der Waals surface area contributed by atoms with Crippen LogP contribution in [-0.2, 0) is 4.79 Å². The van der Waals surface area contributed by atoms with Gasteiger partial charge in [0.15, 0.2) is 5.78 Å². The van der Waals surface area contributed by atoms with Crippen molar-refractivity contribution in [1.82, 2.24) is 0 Å². The summed E-state index contributed by atoms with van der Waals surface area (Å²) in [5, 5.41) is 20.2. The second-order valence-corrected chi connectivity index (χ2v) is 5.42. The summed E-state index contributed by atoms with van der Waals surface area (Å²) in [4.78, 5) is 22.5. The number of nitriles is 1. The lowest BCUT2D eigenvalue weighted by atomic mass is 9.96. The Balaban J connectivity index is 3.33. The van der Waals surface area contributed by atoms with Crippen LogP contribution in [0.15, 0.2) is 23.8 Å². The maximum Gasteiger partial charge on any atom is 0.273 e. The predicted octanol–water partition coefficient (Wildman–Crippen LogP) is 3.85. The Bertz CT molecular complexity index is 637. The van der Waals surface area contributed by atoms with E-state index in [1.54, 1.807) is 26.0 Å². The van der Waals surface area contributed by atoms with Gasteiger partial charge in [-0.25, -0.2) is 0 Å². The minimum absolute atomic E-state index is 0.00744. The molecule has 0 N–H and O–H groups in total. The molecule has 0 saturated heterocycles. The molecule has 21 heavy (non-hydrogen) atoms. The third-order valence-corrected chi connectivity index (χ3v) is 3.09. The minimum atomic E-state index is -0.441. The van der Waals surface area contributed by atoms with Gasteiger partial charge in [0.25, 0.3) is 5.69 Å². The fourth-order valence-corrected chi connectivity index (χ4v) is 1.93. The van der Waals surface area contributed by atoms with Gasteiger partial charge in [0, 0.05) is 17.5 Å². The highest BCUT2D eigenvalue weighted by atomic mass is 16.6. The Labute approximate surface area is 124 Å². The first-order chi connectivity index (χ1) is 9.77. The van der Waals surface area contributed by atoms with Crippen LogP contribution in [-0.4, -0.2) is 10.7 Å². The van der Waals surface area contributed by atoms with E-state index in [0.717, 1.165) is 0 Å². The number of carbonyl (C=O) groups excluding carboxylic acids is 1. The molecule has 1 aromatic carbocycles. The molecule has 0 aliphatic heterocycles. The third kappa shape index (κ3) is 3.99. The molecule has 5 nitrogen and oxygen atoms in total. The molecule has 0 radical (unpaired) electrons. The lowest BCUT2D eigenvalue weighted by Gasteiger charge is -2.07. The first-order valence-corrected chi connectivity index (χ1v) is 6.72. The van der Waals surface area contributed by atoms with Gasteiger partial charge in [-0.2, -0.15) is 5.26 Å². The molecule has 5 heteroatoms. The maximum absolute atomic E-state index is 11.8. The number of allylic oxidation sites excluding steroid dienone is 1. The van der Waals surface area contributed by atoms with Crippen molar-refractivity contribution in [3.63, 3.8) is 0 Å². The molecule has 0 aromatic heterocycles. The molecule has 0 heterocycles. The van der Waals surface area contributed by atoms with Crippen molar-refractivity contribution in [3.8, 4) is 6.07 Å². The van der Waals surface area contributed by atoms with Gasteiger partial charge >= 0.3 is 0 Å². The molecule has 0 aliphatic rings. The highest BCUT2D eigenvalue weighted by Crippen LogP contribution is 2.28. The highest BCUT2D eigenvalue weighted by molar-refractivity contribution is 6.04. The quantitative estimate of drug-likeness (QED) is 0.356. The molecule has 0 aliphatic carbocycles. The summed E-state index contributed by atoms with van der Waals surface area (Å²) in [5.41, 5.74) is 1.13. The predicted molar refractivity (Wildman–Crippen MR) is 80.6 cm³/mol. The molecule has 0 saturated carbocycles. The van der Waals surface area contributed by atoms with E-state index in [4.69, 9.17) is 5.26 Å². The number of nitro benzene ring substituents is 1. The number of benzene rings is 1. The first-order valence-electron chi connectivity index (χ1n) is 6.72. The lowest BCUT2D eigenvalue weighted by molar-refractivity contribution is -0.385.